The lowest BCUT2D eigenvalue weighted by atomic mass is 9.87. The van der Waals surface area contributed by atoms with E-state index in [-0.39, 0.29) is 17.9 Å². The molecule has 0 aliphatic carbocycles. The molecule has 29 heavy (non-hydrogen) atoms. The molecule has 0 N–H and O–H groups in total. The first kappa shape index (κ1) is 22.7. The van der Waals surface area contributed by atoms with E-state index in [0.29, 0.717) is 18.0 Å². The average molecular weight is 419 g/mol. The highest BCUT2D eigenvalue weighted by molar-refractivity contribution is 7.92. The van der Waals surface area contributed by atoms with Crippen LogP contribution in [0.4, 0.5) is 5.69 Å². The molecule has 0 aliphatic heterocycles. The van der Waals surface area contributed by atoms with Crippen molar-refractivity contribution in [1.29, 1.82) is 0 Å². The Morgan fingerprint density at radius 2 is 1.62 bits per heavy atom. The zero-order chi connectivity index (χ0) is 21.8. The van der Waals surface area contributed by atoms with E-state index in [9.17, 15) is 13.2 Å². The molecule has 7 heteroatoms. The fourth-order valence-electron chi connectivity index (χ4n) is 2.95. The number of ether oxygens (including phenoxy) is 1. The van der Waals surface area contributed by atoms with Gasteiger partial charge in [0.1, 0.15) is 12.3 Å². The van der Waals surface area contributed by atoms with Crippen molar-refractivity contribution >= 4 is 21.6 Å². The lowest BCUT2D eigenvalue weighted by molar-refractivity contribution is -0.128. The van der Waals surface area contributed by atoms with Crippen LogP contribution in [0, 0.1) is 0 Å². The van der Waals surface area contributed by atoms with Gasteiger partial charge in [-0.25, -0.2) is 8.42 Å². The molecule has 0 atom stereocenters. The number of rotatable bonds is 7. The maximum Gasteiger partial charge on any atom is 0.243 e. The van der Waals surface area contributed by atoms with E-state index in [1.807, 2.05) is 36.4 Å². The molecular weight excluding hydrogens is 388 g/mol. The summed E-state index contributed by atoms with van der Waals surface area (Å²) in [5.41, 5.74) is 2.37. The van der Waals surface area contributed by atoms with Crippen molar-refractivity contribution in [2.75, 3.05) is 31.3 Å². The molecule has 0 heterocycles. The molecule has 0 saturated carbocycles. The van der Waals surface area contributed by atoms with Crippen LogP contribution in [-0.4, -0.2) is 46.2 Å². The van der Waals surface area contributed by atoms with E-state index < -0.39 is 10.0 Å². The second-order valence-electron chi connectivity index (χ2n) is 8.13. The Morgan fingerprint density at radius 3 is 2.14 bits per heavy atom. The molecule has 0 fully saturated rings. The summed E-state index contributed by atoms with van der Waals surface area (Å²) in [7, 11) is -0.392. The van der Waals surface area contributed by atoms with Gasteiger partial charge in [0.05, 0.1) is 19.1 Å². The minimum absolute atomic E-state index is 0.0424. The van der Waals surface area contributed by atoms with Crippen LogP contribution in [0.1, 0.15) is 31.9 Å². The Morgan fingerprint density at radius 1 is 1.03 bits per heavy atom. The van der Waals surface area contributed by atoms with Gasteiger partial charge in [0.25, 0.3) is 0 Å². The first-order chi connectivity index (χ1) is 13.4. The normalized spacial score (nSPS) is 11.8. The Bertz CT molecular complexity index is 948. The summed E-state index contributed by atoms with van der Waals surface area (Å²) >= 11 is 0. The number of hydrogen-bond acceptors (Lipinski definition) is 4. The third-order valence-electron chi connectivity index (χ3n) is 4.73. The number of amides is 1. The Labute approximate surface area is 174 Å². The monoisotopic (exact) mass is 418 g/mol. The van der Waals surface area contributed by atoms with Crippen LogP contribution in [0.2, 0.25) is 0 Å². The first-order valence-electron chi connectivity index (χ1n) is 9.37. The predicted molar refractivity (Wildman–Crippen MR) is 117 cm³/mol. The van der Waals surface area contributed by atoms with Crippen LogP contribution in [0.5, 0.6) is 5.75 Å². The number of likely N-dealkylation sites (N-methyl/N-ethyl adjacent to an activating group) is 1. The van der Waals surface area contributed by atoms with Crippen molar-refractivity contribution in [3.63, 3.8) is 0 Å². The number of hydrogen-bond donors (Lipinski definition) is 0. The molecule has 0 aromatic heterocycles. The Hall–Kier alpha value is -2.54. The molecule has 1 amide bonds. The quantitative estimate of drug-likeness (QED) is 0.691. The summed E-state index contributed by atoms with van der Waals surface area (Å²) in [5, 5.41) is 0. The molecule has 0 spiro atoms. The van der Waals surface area contributed by atoms with E-state index in [2.05, 4.69) is 20.8 Å². The van der Waals surface area contributed by atoms with Crippen LogP contribution >= 0.6 is 0 Å². The number of sulfonamides is 1. The number of anilines is 1. The van der Waals surface area contributed by atoms with Gasteiger partial charge in [0.2, 0.25) is 15.9 Å². The Kier molecular flexibility index (Phi) is 6.95. The van der Waals surface area contributed by atoms with Crippen LogP contribution in [-0.2, 0) is 26.8 Å². The van der Waals surface area contributed by atoms with Gasteiger partial charge >= 0.3 is 0 Å². The average Bonchev–Trinajstić information content (AvgIpc) is 2.64. The third-order valence-corrected chi connectivity index (χ3v) is 5.87. The van der Waals surface area contributed by atoms with Crippen LogP contribution in [0.3, 0.4) is 0 Å². The van der Waals surface area contributed by atoms with Gasteiger partial charge in [-0.3, -0.25) is 9.10 Å². The smallest absolute Gasteiger partial charge is 0.243 e. The largest absolute Gasteiger partial charge is 0.496 e. The fraction of sp³-hybridized carbons (Fsp3) is 0.409. The molecule has 0 saturated heterocycles. The topological polar surface area (TPSA) is 66.9 Å². The minimum atomic E-state index is -3.62. The maximum absolute atomic E-state index is 12.8. The third kappa shape index (κ3) is 5.97. The van der Waals surface area contributed by atoms with Gasteiger partial charge in [-0.1, -0.05) is 51.1 Å². The van der Waals surface area contributed by atoms with E-state index in [1.54, 1.807) is 26.3 Å². The molecule has 2 rings (SSSR count). The van der Waals surface area contributed by atoms with Crippen LogP contribution < -0.4 is 9.04 Å². The zero-order valence-electron chi connectivity index (χ0n) is 18.0. The van der Waals surface area contributed by atoms with Gasteiger partial charge in [0.15, 0.2) is 0 Å². The summed E-state index contributed by atoms with van der Waals surface area (Å²) in [5.74, 6) is 0.381. The molecular formula is C22H30N2O4S. The highest BCUT2D eigenvalue weighted by Crippen LogP contribution is 2.26. The van der Waals surface area contributed by atoms with Crippen LogP contribution in [0.15, 0.2) is 48.5 Å². The lowest BCUT2D eigenvalue weighted by Crippen LogP contribution is -2.41. The number of benzene rings is 2. The molecule has 2 aromatic rings. The lowest BCUT2D eigenvalue weighted by Gasteiger charge is -2.26. The maximum atomic E-state index is 12.8. The van der Waals surface area contributed by atoms with Crippen molar-refractivity contribution < 1.29 is 17.9 Å². The standard InChI is InChI=1S/C22H30N2O4S/c1-22(2,3)18-11-13-19(14-12-18)24(29(6,26)27)16-21(25)23(4)15-17-9-7-8-10-20(17)28-5/h7-14H,15-16H2,1-6H3. The van der Waals surface area contributed by atoms with Gasteiger partial charge in [-0.05, 0) is 29.2 Å². The number of methoxy groups -OCH3 is 1. The van der Waals surface area contributed by atoms with E-state index in [1.165, 1.54) is 4.90 Å². The van der Waals surface area contributed by atoms with Crippen molar-refractivity contribution in [1.82, 2.24) is 4.90 Å². The molecule has 158 valence electrons. The number of para-hydroxylation sites is 1. The van der Waals surface area contributed by atoms with Gasteiger partial charge in [0, 0.05) is 19.2 Å². The SMILES string of the molecule is COc1ccccc1CN(C)C(=O)CN(c1ccc(C(C)(C)C)cc1)S(C)(=O)=O. The minimum Gasteiger partial charge on any atom is -0.496 e. The van der Waals surface area contributed by atoms with E-state index in [0.717, 1.165) is 21.7 Å². The van der Waals surface area contributed by atoms with Crippen molar-refractivity contribution in [3.8, 4) is 5.75 Å². The van der Waals surface area contributed by atoms with Crippen molar-refractivity contribution in [2.24, 2.45) is 0 Å². The number of carbonyl (C=O) groups excluding carboxylic acids is 1. The molecule has 0 aliphatic rings. The molecule has 0 radical (unpaired) electrons. The summed E-state index contributed by atoms with van der Waals surface area (Å²) in [4.78, 5) is 14.3. The zero-order valence-corrected chi connectivity index (χ0v) is 18.8. The first-order valence-corrected chi connectivity index (χ1v) is 11.2. The second-order valence-corrected chi connectivity index (χ2v) is 10.0. The van der Waals surface area contributed by atoms with Crippen LogP contribution in [0.25, 0.3) is 0 Å². The molecule has 2 aromatic carbocycles. The fourth-order valence-corrected chi connectivity index (χ4v) is 3.80. The van der Waals surface area contributed by atoms with Gasteiger partial charge in [-0.2, -0.15) is 0 Å². The molecule has 6 nitrogen and oxygen atoms in total. The second kappa shape index (κ2) is 8.86. The Balaban J connectivity index is 2.21. The number of nitrogens with zero attached hydrogens (tertiary/aromatic N) is 2. The summed E-state index contributed by atoms with van der Waals surface area (Å²) in [6.07, 6.45) is 1.11. The van der Waals surface area contributed by atoms with Gasteiger partial charge in [-0.15, -0.1) is 0 Å². The summed E-state index contributed by atoms with van der Waals surface area (Å²) in [6, 6.07) is 14.7. The number of carbonyl (C=O) groups is 1. The van der Waals surface area contributed by atoms with Crippen molar-refractivity contribution in [3.05, 3.63) is 59.7 Å². The molecule has 0 bridgehead atoms. The predicted octanol–water partition coefficient (Wildman–Crippen LogP) is 3.42. The van der Waals surface area contributed by atoms with E-state index >= 15 is 0 Å². The summed E-state index contributed by atoms with van der Waals surface area (Å²) in [6.45, 7) is 6.33. The van der Waals surface area contributed by atoms with Crippen molar-refractivity contribution in [2.45, 2.75) is 32.7 Å². The molecule has 0 unspecified atom stereocenters. The van der Waals surface area contributed by atoms with E-state index in [4.69, 9.17) is 4.74 Å². The highest BCUT2D eigenvalue weighted by Gasteiger charge is 2.24. The highest BCUT2D eigenvalue weighted by atomic mass is 32.2. The van der Waals surface area contributed by atoms with Gasteiger partial charge < -0.3 is 9.64 Å². The summed E-state index contributed by atoms with van der Waals surface area (Å²) < 4.78 is 31.2.